The predicted octanol–water partition coefficient (Wildman–Crippen LogP) is 3.13. The average Bonchev–Trinajstić information content (AvgIpc) is 2.88. The molecule has 21 heavy (non-hydrogen) atoms. The molecule has 108 valence electrons. The van der Waals surface area contributed by atoms with E-state index >= 15 is 0 Å². The Morgan fingerprint density at radius 1 is 1.24 bits per heavy atom. The Labute approximate surface area is 130 Å². The maximum absolute atomic E-state index is 12.2. The predicted molar refractivity (Wildman–Crippen MR) is 84.1 cm³/mol. The molecule has 2 aromatic carbocycles. The first-order valence-electron chi connectivity index (χ1n) is 6.67. The molecule has 4 nitrogen and oxygen atoms in total. The number of hydrogen-bond donors (Lipinski definition) is 0. The minimum atomic E-state index is -0.384. The molecule has 1 aliphatic rings. The smallest absolute Gasteiger partial charge is 0.311 e. The summed E-state index contributed by atoms with van der Waals surface area (Å²) in [5.41, 5.74) is 0.838. The largest absolute Gasteiger partial charge is 0.469 e. The standard InChI is InChI=1S/C16H14BrNO3/c1-21-16(20)10-8-15(19)18(9-10)14-7-3-4-11-12(14)5-2-6-13(11)17/h2-7,10H,8-9H2,1H3. The number of carbonyl (C=O) groups excluding carboxylic acids is 2. The van der Waals surface area contributed by atoms with Crippen LogP contribution in [0.15, 0.2) is 40.9 Å². The van der Waals surface area contributed by atoms with Crippen molar-refractivity contribution in [2.75, 3.05) is 18.6 Å². The van der Waals surface area contributed by atoms with Gasteiger partial charge in [0.2, 0.25) is 5.91 Å². The van der Waals surface area contributed by atoms with Crippen molar-refractivity contribution in [2.45, 2.75) is 6.42 Å². The van der Waals surface area contributed by atoms with Crippen LogP contribution in [0.2, 0.25) is 0 Å². The Balaban J connectivity index is 2.03. The molecule has 0 saturated carbocycles. The highest BCUT2D eigenvalue weighted by Crippen LogP contribution is 2.34. The molecule has 0 bridgehead atoms. The van der Waals surface area contributed by atoms with Crippen LogP contribution in [0.4, 0.5) is 5.69 Å². The van der Waals surface area contributed by atoms with E-state index in [1.54, 1.807) is 4.90 Å². The first kappa shape index (κ1) is 14.1. The Morgan fingerprint density at radius 2 is 1.95 bits per heavy atom. The van der Waals surface area contributed by atoms with Crippen molar-refractivity contribution in [3.05, 3.63) is 40.9 Å². The Hall–Kier alpha value is -1.88. The molecule has 1 amide bonds. The normalized spacial score (nSPS) is 18.3. The summed E-state index contributed by atoms with van der Waals surface area (Å²) in [5, 5.41) is 2.04. The highest BCUT2D eigenvalue weighted by atomic mass is 79.9. The molecule has 1 unspecified atom stereocenters. The monoisotopic (exact) mass is 347 g/mol. The summed E-state index contributed by atoms with van der Waals surface area (Å²) in [7, 11) is 1.35. The highest BCUT2D eigenvalue weighted by Gasteiger charge is 2.36. The molecule has 1 fully saturated rings. The van der Waals surface area contributed by atoms with Gasteiger partial charge in [-0.25, -0.2) is 0 Å². The maximum atomic E-state index is 12.2. The molecule has 0 aliphatic carbocycles. The Morgan fingerprint density at radius 3 is 2.71 bits per heavy atom. The van der Waals surface area contributed by atoms with Gasteiger partial charge in [-0.1, -0.05) is 40.2 Å². The zero-order chi connectivity index (χ0) is 15.0. The van der Waals surface area contributed by atoms with E-state index in [1.807, 2.05) is 36.4 Å². The van der Waals surface area contributed by atoms with Crippen molar-refractivity contribution < 1.29 is 14.3 Å². The topological polar surface area (TPSA) is 46.6 Å². The van der Waals surface area contributed by atoms with Crippen molar-refractivity contribution in [3.63, 3.8) is 0 Å². The minimum absolute atomic E-state index is 0.0436. The first-order chi connectivity index (χ1) is 10.1. The zero-order valence-electron chi connectivity index (χ0n) is 11.5. The van der Waals surface area contributed by atoms with Crippen LogP contribution < -0.4 is 4.90 Å². The molecule has 1 saturated heterocycles. The molecule has 1 heterocycles. The molecule has 3 rings (SSSR count). The van der Waals surface area contributed by atoms with Gasteiger partial charge in [-0.15, -0.1) is 0 Å². The number of carbonyl (C=O) groups is 2. The quantitative estimate of drug-likeness (QED) is 0.784. The summed E-state index contributed by atoms with van der Waals surface area (Å²) in [6.45, 7) is 0.372. The van der Waals surface area contributed by atoms with E-state index in [9.17, 15) is 9.59 Å². The fourth-order valence-electron chi connectivity index (χ4n) is 2.76. The van der Waals surface area contributed by atoms with Crippen molar-refractivity contribution >= 4 is 44.3 Å². The van der Waals surface area contributed by atoms with E-state index in [4.69, 9.17) is 4.74 Å². The lowest BCUT2D eigenvalue weighted by molar-refractivity contribution is -0.145. The second kappa shape index (κ2) is 5.48. The van der Waals surface area contributed by atoms with Gasteiger partial charge in [0, 0.05) is 22.8 Å². The van der Waals surface area contributed by atoms with E-state index < -0.39 is 0 Å². The number of esters is 1. The molecular formula is C16H14BrNO3. The van der Waals surface area contributed by atoms with E-state index in [-0.39, 0.29) is 24.2 Å². The highest BCUT2D eigenvalue weighted by molar-refractivity contribution is 9.10. The van der Waals surface area contributed by atoms with Gasteiger partial charge >= 0.3 is 5.97 Å². The third-order valence-electron chi connectivity index (χ3n) is 3.80. The number of benzene rings is 2. The number of ether oxygens (including phenoxy) is 1. The number of halogens is 1. The summed E-state index contributed by atoms with van der Waals surface area (Å²) in [6.07, 6.45) is 0.205. The zero-order valence-corrected chi connectivity index (χ0v) is 13.1. The van der Waals surface area contributed by atoms with Crippen molar-refractivity contribution in [2.24, 2.45) is 5.92 Å². The molecule has 0 radical (unpaired) electrons. The molecule has 1 atom stereocenters. The lowest BCUT2D eigenvalue weighted by atomic mass is 10.1. The fourth-order valence-corrected chi connectivity index (χ4v) is 3.25. The van der Waals surface area contributed by atoms with Crippen LogP contribution in [0.5, 0.6) is 0 Å². The summed E-state index contributed by atoms with van der Waals surface area (Å²) in [6, 6.07) is 11.7. The SMILES string of the molecule is COC(=O)C1CC(=O)N(c2cccc3c(Br)cccc23)C1. The number of nitrogens with zero attached hydrogens (tertiary/aromatic N) is 1. The van der Waals surface area contributed by atoms with Gasteiger partial charge in [-0.2, -0.15) is 0 Å². The second-order valence-electron chi connectivity index (χ2n) is 5.04. The molecular weight excluding hydrogens is 334 g/mol. The van der Waals surface area contributed by atoms with Crippen molar-refractivity contribution in [1.82, 2.24) is 0 Å². The van der Waals surface area contributed by atoms with Crippen molar-refractivity contribution in [1.29, 1.82) is 0 Å². The number of anilines is 1. The van der Waals surface area contributed by atoms with Gasteiger partial charge < -0.3 is 9.64 Å². The van der Waals surface area contributed by atoms with Gasteiger partial charge in [0.25, 0.3) is 0 Å². The fraction of sp³-hybridized carbons (Fsp3) is 0.250. The summed E-state index contributed by atoms with van der Waals surface area (Å²) >= 11 is 3.52. The van der Waals surface area contributed by atoms with Crippen LogP contribution in [-0.2, 0) is 14.3 Å². The number of fused-ring (bicyclic) bond motifs is 1. The van der Waals surface area contributed by atoms with E-state index in [0.717, 1.165) is 20.9 Å². The second-order valence-corrected chi connectivity index (χ2v) is 5.89. The van der Waals surface area contributed by atoms with Crippen LogP contribution in [0, 0.1) is 5.92 Å². The van der Waals surface area contributed by atoms with Crippen LogP contribution >= 0.6 is 15.9 Å². The lowest BCUT2D eigenvalue weighted by Crippen LogP contribution is -2.26. The van der Waals surface area contributed by atoms with E-state index in [2.05, 4.69) is 15.9 Å². The third-order valence-corrected chi connectivity index (χ3v) is 4.49. The van der Waals surface area contributed by atoms with Gasteiger partial charge in [0.05, 0.1) is 18.7 Å². The molecule has 0 spiro atoms. The maximum Gasteiger partial charge on any atom is 0.311 e. The van der Waals surface area contributed by atoms with Gasteiger partial charge in [0.1, 0.15) is 0 Å². The number of hydrogen-bond acceptors (Lipinski definition) is 3. The molecule has 0 N–H and O–H groups in total. The first-order valence-corrected chi connectivity index (χ1v) is 7.46. The summed E-state index contributed by atoms with van der Waals surface area (Å²) in [4.78, 5) is 25.6. The molecule has 5 heteroatoms. The number of rotatable bonds is 2. The summed E-state index contributed by atoms with van der Waals surface area (Å²) in [5.74, 6) is -0.755. The van der Waals surface area contributed by atoms with Gasteiger partial charge in [-0.3, -0.25) is 9.59 Å². The van der Waals surface area contributed by atoms with Gasteiger partial charge in [-0.05, 0) is 17.5 Å². The average molecular weight is 348 g/mol. The molecule has 2 aromatic rings. The van der Waals surface area contributed by atoms with E-state index in [0.29, 0.717) is 6.54 Å². The van der Waals surface area contributed by atoms with Gasteiger partial charge in [0.15, 0.2) is 0 Å². The minimum Gasteiger partial charge on any atom is -0.469 e. The number of amides is 1. The molecule has 1 aliphatic heterocycles. The third kappa shape index (κ3) is 2.42. The van der Waals surface area contributed by atoms with Crippen LogP contribution in [-0.4, -0.2) is 25.5 Å². The van der Waals surface area contributed by atoms with Crippen LogP contribution in [0.25, 0.3) is 10.8 Å². The van der Waals surface area contributed by atoms with Crippen LogP contribution in [0.3, 0.4) is 0 Å². The van der Waals surface area contributed by atoms with E-state index in [1.165, 1.54) is 7.11 Å². The Kier molecular flexibility index (Phi) is 3.68. The lowest BCUT2D eigenvalue weighted by Gasteiger charge is -2.19. The number of methoxy groups -OCH3 is 1. The molecule has 0 aromatic heterocycles. The van der Waals surface area contributed by atoms with Crippen LogP contribution in [0.1, 0.15) is 6.42 Å². The van der Waals surface area contributed by atoms with Crippen molar-refractivity contribution in [3.8, 4) is 0 Å². The Bertz CT molecular complexity index is 729. The summed E-state index contributed by atoms with van der Waals surface area (Å²) < 4.78 is 5.73.